The zero-order valence-electron chi connectivity index (χ0n) is 10.6. The summed E-state index contributed by atoms with van der Waals surface area (Å²) in [6, 6.07) is 2.85. The fraction of sp³-hybridized carbons (Fsp3) is 0.571. The number of hydrogen-bond acceptors (Lipinski definition) is 1. The molecule has 1 aromatic rings. The first-order valence-corrected chi connectivity index (χ1v) is 7.21. The van der Waals surface area contributed by atoms with E-state index >= 15 is 0 Å². The molecule has 0 aromatic heterocycles. The van der Waals surface area contributed by atoms with E-state index < -0.39 is 5.82 Å². The van der Waals surface area contributed by atoms with Crippen LogP contribution in [0.5, 0.6) is 0 Å². The van der Waals surface area contributed by atoms with E-state index in [0.29, 0.717) is 18.2 Å². The monoisotopic (exact) mass is 317 g/mol. The maximum absolute atomic E-state index is 13.7. The molecule has 4 heteroatoms. The molecule has 0 radical (unpaired) electrons. The van der Waals surface area contributed by atoms with E-state index in [4.69, 9.17) is 0 Å². The number of halogens is 3. The Kier molecular flexibility index (Phi) is 4.73. The highest BCUT2D eigenvalue weighted by Gasteiger charge is 2.20. The SMILES string of the molecule is CN(Cc1c(F)ccc(F)c1Br)C1CCCCC1. The van der Waals surface area contributed by atoms with Gasteiger partial charge in [0.05, 0.1) is 4.47 Å². The average molecular weight is 318 g/mol. The van der Waals surface area contributed by atoms with Crippen molar-refractivity contribution in [2.75, 3.05) is 7.05 Å². The number of benzene rings is 1. The molecule has 1 aromatic carbocycles. The molecule has 1 aliphatic rings. The molecule has 100 valence electrons. The Morgan fingerprint density at radius 3 is 2.44 bits per heavy atom. The third-order valence-electron chi connectivity index (χ3n) is 3.74. The molecule has 1 fully saturated rings. The second kappa shape index (κ2) is 6.11. The topological polar surface area (TPSA) is 3.24 Å². The van der Waals surface area contributed by atoms with E-state index in [2.05, 4.69) is 20.8 Å². The van der Waals surface area contributed by atoms with Gasteiger partial charge in [-0.05, 0) is 48.0 Å². The summed E-state index contributed by atoms with van der Waals surface area (Å²) in [5.74, 6) is -0.741. The van der Waals surface area contributed by atoms with Crippen LogP contribution in [0.1, 0.15) is 37.7 Å². The number of hydrogen-bond donors (Lipinski definition) is 0. The average Bonchev–Trinajstić information content (AvgIpc) is 2.40. The summed E-state index contributed by atoms with van der Waals surface area (Å²) in [5, 5.41) is 0. The molecule has 2 rings (SSSR count). The van der Waals surface area contributed by atoms with Crippen LogP contribution < -0.4 is 0 Å². The van der Waals surface area contributed by atoms with Gasteiger partial charge in [0.15, 0.2) is 0 Å². The minimum Gasteiger partial charge on any atom is -0.299 e. The van der Waals surface area contributed by atoms with Crippen molar-refractivity contribution in [2.45, 2.75) is 44.7 Å². The third kappa shape index (κ3) is 3.09. The summed E-state index contributed by atoms with van der Waals surface area (Å²) in [7, 11) is 1.99. The minimum absolute atomic E-state index is 0.255. The van der Waals surface area contributed by atoms with E-state index in [1.54, 1.807) is 0 Å². The van der Waals surface area contributed by atoms with Gasteiger partial charge in [-0.1, -0.05) is 19.3 Å². The van der Waals surface area contributed by atoms with Crippen LogP contribution in [0.25, 0.3) is 0 Å². The fourth-order valence-corrected chi connectivity index (χ4v) is 3.06. The maximum Gasteiger partial charge on any atom is 0.137 e. The predicted octanol–water partition coefficient (Wildman–Crippen LogP) is 4.49. The van der Waals surface area contributed by atoms with Crippen molar-refractivity contribution in [1.29, 1.82) is 0 Å². The highest BCUT2D eigenvalue weighted by Crippen LogP contribution is 2.27. The van der Waals surface area contributed by atoms with Crippen LogP contribution in [-0.4, -0.2) is 18.0 Å². The maximum atomic E-state index is 13.7. The van der Waals surface area contributed by atoms with Crippen molar-refractivity contribution >= 4 is 15.9 Å². The Morgan fingerprint density at radius 2 is 1.78 bits per heavy atom. The second-order valence-corrected chi connectivity index (χ2v) is 5.82. The second-order valence-electron chi connectivity index (χ2n) is 5.03. The van der Waals surface area contributed by atoms with Crippen LogP contribution >= 0.6 is 15.9 Å². The molecule has 0 heterocycles. The molecule has 0 N–H and O–H groups in total. The largest absolute Gasteiger partial charge is 0.299 e. The lowest BCUT2D eigenvalue weighted by Gasteiger charge is -2.31. The summed E-state index contributed by atoms with van der Waals surface area (Å²) in [6.07, 6.45) is 6.09. The Labute approximate surface area is 115 Å². The van der Waals surface area contributed by atoms with E-state index in [1.165, 1.54) is 25.3 Å². The van der Waals surface area contributed by atoms with E-state index in [0.717, 1.165) is 18.9 Å². The lowest BCUT2D eigenvalue weighted by molar-refractivity contribution is 0.182. The molecule has 0 saturated heterocycles. The normalized spacial score (nSPS) is 17.4. The number of nitrogens with zero attached hydrogens (tertiary/aromatic N) is 1. The molecule has 0 atom stereocenters. The van der Waals surface area contributed by atoms with Crippen LogP contribution in [0, 0.1) is 11.6 Å². The molecule has 0 spiro atoms. The van der Waals surface area contributed by atoms with Gasteiger partial charge in [-0.15, -0.1) is 0 Å². The summed E-state index contributed by atoms with van der Waals surface area (Å²) >= 11 is 3.14. The first kappa shape index (κ1) is 13.9. The van der Waals surface area contributed by atoms with Crippen LogP contribution in [0.3, 0.4) is 0 Å². The van der Waals surface area contributed by atoms with Gasteiger partial charge in [-0.25, -0.2) is 8.78 Å². The predicted molar refractivity (Wildman–Crippen MR) is 72.4 cm³/mol. The van der Waals surface area contributed by atoms with Crippen molar-refractivity contribution < 1.29 is 8.78 Å². The van der Waals surface area contributed by atoms with Gasteiger partial charge >= 0.3 is 0 Å². The van der Waals surface area contributed by atoms with Gasteiger partial charge in [-0.2, -0.15) is 0 Å². The molecule has 0 amide bonds. The molecule has 18 heavy (non-hydrogen) atoms. The zero-order chi connectivity index (χ0) is 13.1. The molecular formula is C14H18BrF2N. The van der Waals surface area contributed by atoms with Gasteiger partial charge in [-0.3, -0.25) is 4.90 Å². The van der Waals surface area contributed by atoms with E-state index in [-0.39, 0.29) is 10.3 Å². The van der Waals surface area contributed by atoms with E-state index in [1.807, 2.05) is 7.05 Å². The van der Waals surface area contributed by atoms with Crippen molar-refractivity contribution in [2.24, 2.45) is 0 Å². The summed E-state index contributed by atoms with van der Waals surface area (Å²) in [6.45, 7) is 0.453. The Hall–Kier alpha value is -0.480. The lowest BCUT2D eigenvalue weighted by atomic mass is 9.94. The third-order valence-corrected chi connectivity index (χ3v) is 4.60. The summed E-state index contributed by atoms with van der Waals surface area (Å²) < 4.78 is 27.4. The quantitative estimate of drug-likeness (QED) is 0.742. The van der Waals surface area contributed by atoms with Crippen molar-refractivity contribution in [3.8, 4) is 0 Å². The highest BCUT2D eigenvalue weighted by molar-refractivity contribution is 9.10. The Bertz CT molecular complexity index is 417. The van der Waals surface area contributed by atoms with Crippen LogP contribution in [0.4, 0.5) is 8.78 Å². The van der Waals surface area contributed by atoms with Gasteiger partial charge < -0.3 is 0 Å². The smallest absolute Gasteiger partial charge is 0.137 e. The van der Waals surface area contributed by atoms with Crippen molar-refractivity contribution in [3.05, 3.63) is 33.8 Å². The van der Waals surface area contributed by atoms with Crippen LogP contribution in [0.15, 0.2) is 16.6 Å². The molecular weight excluding hydrogens is 300 g/mol. The molecule has 0 unspecified atom stereocenters. The summed E-state index contributed by atoms with van der Waals surface area (Å²) in [4.78, 5) is 2.14. The van der Waals surface area contributed by atoms with E-state index in [9.17, 15) is 8.78 Å². The highest BCUT2D eigenvalue weighted by atomic mass is 79.9. The minimum atomic E-state index is -0.400. The standard InChI is InChI=1S/C14H18BrF2N/c1-18(10-5-3-2-4-6-10)9-11-12(16)7-8-13(17)14(11)15/h7-8,10H,2-6,9H2,1H3. The fourth-order valence-electron chi connectivity index (χ4n) is 2.61. The molecule has 0 aliphatic heterocycles. The molecule has 1 aliphatic carbocycles. The van der Waals surface area contributed by atoms with Gasteiger partial charge in [0.25, 0.3) is 0 Å². The lowest BCUT2D eigenvalue weighted by Crippen LogP contribution is -2.33. The van der Waals surface area contributed by atoms with Crippen molar-refractivity contribution in [1.82, 2.24) is 4.90 Å². The molecule has 1 saturated carbocycles. The van der Waals surface area contributed by atoms with Gasteiger partial charge in [0, 0.05) is 18.2 Å². The van der Waals surface area contributed by atoms with Crippen LogP contribution in [-0.2, 0) is 6.54 Å². The van der Waals surface area contributed by atoms with Crippen molar-refractivity contribution in [3.63, 3.8) is 0 Å². The Balaban J connectivity index is 2.10. The van der Waals surface area contributed by atoms with Crippen LogP contribution in [0.2, 0.25) is 0 Å². The molecule has 0 bridgehead atoms. The number of rotatable bonds is 3. The first-order valence-electron chi connectivity index (χ1n) is 6.42. The summed E-state index contributed by atoms with van der Waals surface area (Å²) in [5.41, 5.74) is 0.420. The first-order chi connectivity index (χ1) is 8.59. The van der Waals surface area contributed by atoms with Gasteiger partial charge in [0.1, 0.15) is 11.6 Å². The van der Waals surface area contributed by atoms with Gasteiger partial charge in [0.2, 0.25) is 0 Å². The Morgan fingerprint density at radius 1 is 1.17 bits per heavy atom. The molecule has 1 nitrogen and oxygen atoms in total. The zero-order valence-corrected chi connectivity index (χ0v) is 12.1.